The van der Waals surface area contributed by atoms with Gasteiger partial charge in [0, 0.05) is 43.0 Å². The molecule has 8 nitrogen and oxygen atoms in total. The van der Waals surface area contributed by atoms with Gasteiger partial charge in [0.05, 0.1) is 11.2 Å². The Kier molecular flexibility index (Phi) is 5.49. The molecule has 0 atom stereocenters. The van der Waals surface area contributed by atoms with Crippen LogP contribution in [0.1, 0.15) is 60.5 Å². The number of fused-ring (bicyclic) bond motifs is 1. The van der Waals surface area contributed by atoms with Gasteiger partial charge in [-0.05, 0) is 68.4 Å². The van der Waals surface area contributed by atoms with Gasteiger partial charge in [0.15, 0.2) is 0 Å². The Labute approximate surface area is 181 Å². The zero-order valence-electron chi connectivity index (χ0n) is 17.7. The fourth-order valence-corrected chi connectivity index (χ4v) is 3.77. The van der Waals surface area contributed by atoms with Crippen molar-refractivity contribution >= 4 is 29.9 Å². The molecule has 0 aromatic heterocycles. The second kappa shape index (κ2) is 8.11. The van der Waals surface area contributed by atoms with E-state index in [4.69, 9.17) is 5.41 Å². The van der Waals surface area contributed by atoms with Crippen LogP contribution in [-0.4, -0.2) is 46.4 Å². The Balaban J connectivity index is 1.59. The van der Waals surface area contributed by atoms with E-state index in [1.807, 2.05) is 12.1 Å². The van der Waals surface area contributed by atoms with Crippen LogP contribution in [-0.2, 0) is 11.3 Å². The second-order valence-corrected chi connectivity index (χ2v) is 8.80. The van der Waals surface area contributed by atoms with Gasteiger partial charge < -0.3 is 26.0 Å². The molecule has 1 fully saturated rings. The van der Waals surface area contributed by atoms with Gasteiger partial charge in [0.25, 0.3) is 11.8 Å². The first kappa shape index (κ1) is 21.0. The van der Waals surface area contributed by atoms with Crippen molar-refractivity contribution in [3.05, 3.63) is 52.5 Å². The van der Waals surface area contributed by atoms with E-state index in [2.05, 4.69) is 15.6 Å². The van der Waals surface area contributed by atoms with Gasteiger partial charge in [-0.2, -0.15) is 0 Å². The highest BCUT2D eigenvalue weighted by atomic mass is 16.3. The maximum Gasteiger partial charge on any atom is 0.260 e. The summed E-state index contributed by atoms with van der Waals surface area (Å²) in [5.41, 5.74) is 2.46. The number of allylic oxidation sites excluding steroid dienone is 1. The average molecular weight is 422 g/mol. The lowest BCUT2D eigenvalue weighted by Gasteiger charge is -2.22. The van der Waals surface area contributed by atoms with Crippen molar-refractivity contribution in [1.82, 2.24) is 10.2 Å². The number of anilines is 1. The second-order valence-electron chi connectivity index (χ2n) is 8.80. The molecular formula is C23H27N5O3. The molecule has 1 aliphatic carbocycles. The van der Waals surface area contributed by atoms with Gasteiger partial charge >= 0.3 is 0 Å². The number of aliphatic imine (C=N–C) groups is 1. The average Bonchev–Trinajstić information content (AvgIpc) is 3.52. The summed E-state index contributed by atoms with van der Waals surface area (Å²) in [5.74, 6) is 0.185. The third-order valence-corrected chi connectivity index (χ3v) is 5.66. The number of nitrogens with one attached hydrogen (secondary N) is 3. The number of aliphatic hydroxyl groups is 1. The van der Waals surface area contributed by atoms with Crippen LogP contribution < -0.4 is 10.6 Å². The summed E-state index contributed by atoms with van der Waals surface area (Å²) >= 11 is 0. The van der Waals surface area contributed by atoms with Crippen molar-refractivity contribution in [2.45, 2.75) is 51.2 Å². The lowest BCUT2D eigenvalue weighted by Crippen LogP contribution is -2.31. The van der Waals surface area contributed by atoms with Crippen LogP contribution >= 0.6 is 0 Å². The molecule has 3 aliphatic rings. The molecule has 8 heteroatoms. The number of nitrogens with zero attached hydrogens (tertiary/aromatic N) is 2. The number of benzene rings is 1. The van der Waals surface area contributed by atoms with Gasteiger partial charge in [0.2, 0.25) is 0 Å². The molecule has 1 aromatic carbocycles. The molecule has 31 heavy (non-hydrogen) atoms. The summed E-state index contributed by atoms with van der Waals surface area (Å²) in [7, 11) is 0. The van der Waals surface area contributed by atoms with Crippen LogP contribution in [0.25, 0.3) is 0 Å². The molecule has 162 valence electrons. The fourth-order valence-electron chi connectivity index (χ4n) is 3.77. The van der Waals surface area contributed by atoms with Gasteiger partial charge in [-0.1, -0.05) is 0 Å². The van der Waals surface area contributed by atoms with Crippen molar-refractivity contribution in [3.63, 3.8) is 0 Å². The minimum atomic E-state index is -0.838. The zero-order valence-corrected chi connectivity index (χ0v) is 17.7. The highest BCUT2D eigenvalue weighted by Gasteiger charge is 2.34. The Morgan fingerprint density at radius 2 is 2.19 bits per heavy atom. The van der Waals surface area contributed by atoms with Crippen LogP contribution in [0.15, 0.2) is 40.8 Å². The predicted molar refractivity (Wildman–Crippen MR) is 119 cm³/mol. The van der Waals surface area contributed by atoms with Crippen LogP contribution in [0, 0.1) is 5.41 Å². The first-order valence-electron chi connectivity index (χ1n) is 10.5. The van der Waals surface area contributed by atoms with Crippen LogP contribution in [0.2, 0.25) is 0 Å². The highest BCUT2D eigenvalue weighted by molar-refractivity contribution is 6.18. The van der Waals surface area contributed by atoms with Gasteiger partial charge in [-0.3, -0.25) is 9.59 Å². The molecule has 4 N–H and O–H groups in total. The van der Waals surface area contributed by atoms with E-state index in [1.165, 1.54) is 0 Å². The largest absolute Gasteiger partial charge is 0.390 e. The molecule has 0 radical (unpaired) electrons. The first-order chi connectivity index (χ1) is 14.8. The van der Waals surface area contributed by atoms with E-state index in [0.29, 0.717) is 42.5 Å². The maximum absolute atomic E-state index is 12.9. The van der Waals surface area contributed by atoms with Gasteiger partial charge in [0.1, 0.15) is 5.82 Å². The zero-order chi connectivity index (χ0) is 22.2. The number of carbonyl (C=O) groups is 2. The number of amides is 2. The van der Waals surface area contributed by atoms with E-state index in [0.717, 1.165) is 30.2 Å². The molecule has 1 aromatic rings. The first-order valence-corrected chi connectivity index (χ1v) is 10.5. The highest BCUT2D eigenvalue weighted by Crippen LogP contribution is 2.45. The van der Waals surface area contributed by atoms with Crippen molar-refractivity contribution in [2.75, 3.05) is 11.9 Å². The molecule has 0 unspecified atom stereocenters. The molecule has 0 bridgehead atoms. The summed E-state index contributed by atoms with van der Waals surface area (Å²) in [6.45, 7) is 4.39. The quantitative estimate of drug-likeness (QED) is 0.400. The van der Waals surface area contributed by atoms with Crippen LogP contribution in [0.3, 0.4) is 0 Å². The van der Waals surface area contributed by atoms with Crippen molar-refractivity contribution in [3.8, 4) is 0 Å². The SMILES string of the molecule is CC(C)(O)CCN1Cc2cc(NC(=O)/C(C=N)=C3\N=CC=CN3)c(C3CC3)cc2C1=O. The van der Waals surface area contributed by atoms with Gasteiger partial charge in [-0.15, -0.1) is 0 Å². The van der Waals surface area contributed by atoms with Crippen molar-refractivity contribution in [1.29, 1.82) is 5.41 Å². The molecule has 1 saturated carbocycles. The number of hydrogen-bond acceptors (Lipinski definition) is 6. The minimum absolute atomic E-state index is 0.0335. The summed E-state index contributed by atoms with van der Waals surface area (Å²) in [5, 5.41) is 23.5. The molecule has 2 heterocycles. The van der Waals surface area contributed by atoms with E-state index in [-0.39, 0.29) is 11.5 Å². The van der Waals surface area contributed by atoms with E-state index in [1.54, 1.807) is 37.2 Å². The lowest BCUT2D eigenvalue weighted by molar-refractivity contribution is -0.112. The Hall–Kier alpha value is -3.26. The molecular weight excluding hydrogens is 394 g/mol. The minimum Gasteiger partial charge on any atom is -0.390 e. The molecule has 2 aliphatic heterocycles. The fraction of sp³-hybridized carbons (Fsp3) is 0.391. The third-order valence-electron chi connectivity index (χ3n) is 5.66. The Morgan fingerprint density at radius 3 is 2.81 bits per heavy atom. The predicted octanol–water partition coefficient (Wildman–Crippen LogP) is 2.67. The molecule has 2 amide bonds. The number of carbonyl (C=O) groups excluding carboxylic acids is 2. The number of hydrogen-bond donors (Lipinski definition) is 4. The lowest BCUT2D eigenvalue weighted by atomic mass is 10.00. The topological polar surface area (TPSA) is 118 Å². The van der Waals surface area contributed by atoms with E-state index in [9.17, 15) is 14.7 Å². The third kappa shape index (κ3) is 4.59. The Bertz CT molecular complexity index is 1030. The summed E-state index contributed by atoms with van der Waals surface area (Å²) in [4.78, 5) is 31.7. The summed E-state index contributed by atoms with van der Waals surface area (Å²) in [6, 6.07) is 3.79. The number of rotatable bonds is 7. The van der Waals surface area contributed by atoms with E-state index < -0.39 is 11.5 Å². The normalized spacial score (nSPS) is 19.2. The van der Waals surface area contributed by atoms with Crippen molar-refractivity contribution < 1.29 is 14.7 Å². The smallest absolute Gasteiger partial charge is 0.260 e. The molecule has 4 rings (SSSR count). The molecule has 0 saturated heterocycles. The monoisotopic (exact) mass is 421 g/mol. The van der Waals surface area contributed by atoms with Crippen LogP contribution in [0.4, 0.5) is 5.69 Å². The molecule has 0 spiro atoms. The Morgan fingerprint density at radius 1 is 1.42 bits per heavy atom. The maximum atomic E-state index is 12.9. The standard InChI is InChI=1S/C23H27N5O3/c1-23(2,31)6-9-28-13-15-10-19(16(14-4-5-14)11-17(15)22(28)30)27-21(29)18(12-24)20-25-7-3-8-26-20/h3,7-8,10-12,14,24-25,31H,4-6,9,13H2,1-2H3,(H,27,29)/b20-18-,24-12?. The summed E-state index contributed by atoms with van der Waals surface area (Å²) in [6.07, 6.45) is 8.43. The van der Waals surface area contributed by atoms with Crippen molar-refractivity contribution in [2.24, 2.45) is 4.99 Å². The van der Waals surface area contributed by atoms with Gasteiger partial charge in [-0.25, -0.2) is 4.99 Å². The summed E-state index contributed by atoms with van der Waals surface area (Å²) < 4.78 is 0. The van der Waals surface area contributed by atoms with Crippen LogP contribution in [0.5, 0.6) is 0 Å². The van der Waals surface area contributed by atoms with E-state index >= 15 is 0 Å².